The van der Waals surface area contributed by atoms with E-state index < -0.39 is 0 Å². The summed E-state index contributed by atoms with van der Waals surface area (Å²) in [5, 5.41) is 9.52. The van der Waals surface area contributed by atoms with Gasteiger partial charge in [0.05, 0.1) is 6.54 Å². The van der Waals surface area contributed by atoms with Gasteiger partial charge in [-0.2, -0.15) is 0 Å². The SMILES string of the molecule is CNc1cc(C(=O)NCc2ccon2)cc(C(C)C)n1. The molecule has 0 saturated carbocycles. The molecule has 6 nitrogen and oxygen atoms in total. The standard InChI is InChI=1S/C14H18N4O2/c1-9(2)12-6-10(7-13(15-3)17-12)14(19)16-8-11-4-5-20-18-11/h4-7,9H,8H2,1-3H3,(H,15,17)(H,16,19). The molecule has 0 atom stereocenters. The Morgan fingerprint density at radius 3 is 2.80 bits per heavy atom. The van der Waals surface area contributed by atoms with E-state index in [0.717, 1.165) is 5.69 Å². The van der Waals surface area contributed by atoms with Gasteiger partial charge in [-0.3, -0.25) is 4.79 Å². The van der Waals surface area contributed by atoms with Crippen LogP contribution in [0.15, 0.2) is 29.0 Å². The van der Waals surface area contributed by atoms with Crippen LogP contribution in [0, 0.1) is 0 Å². The zero-order valence-electron chi connectivity index (χ0n) is 11.8. The second-order valence-corrected chi connectivity index (χ2v) is 4.74. The van der Waals surface area contributed by atoms with Crippen molar-refractivity contribution in [2.75, 3.05) is 12.4 Å². The van der Waals surface area contributed by atoms with Crippen molar-refractivity contribution in [2.24, 2.45) is 0 Å². The Kier molecular flexibility index (Phi) is 4.34. The molecule has 0 saturated heterocycles. The van der Waals surface area contributed by atoms with Gasteiger partial charge in [0, 0.05) is 24.4 Å². The molecule has 0 aromatic carbocycles. The first-order chi connectivity index (χ1) is 9.60. The van der Waals surface area contributed by atoms with Gasteiger partial charge in [-0.25, -0.2) is 4.98 Å². The van der Waals surface area contributed by atoms with Gasteiger partial charge in [0.1, 0.15) is 17.8 Å². The summed E-state index contributed by atoms with van der Waals surface area (Å²) in [4.78, 5) is 16.6. The van der Waals surface area contributed by atoms with Gasteiger partial charge in [-0.05, 0) is 18.1 Å². The smallest absolute Gasteiger partial charge is 0.251 e. The van der Waals surface area contributed by atoms with E-state index in [9.17, 15) is 4.79 Å². The monoisotopic (exact) mass is 274 g/mol. The maximum Gasteiger partial charge on any atom is 0.251 e. The van der Waals surface area contributed by atoms with Gasteiger partial charge < -0.3 is 15.2 Å². The molecule has 2 N–H and O–H groups in total. The summed E-state index contributed by atoms with van der Waals surface area (Å²) in [7, 11) is 1.78. The number of pyridine rings is 1. The molecule has 0 aliphatic heterocycles. The first-order valence-electron chi connectivity index (χ1n) is 6.47. The van der Waals surface area contributed by atoms with Crippen molar-refractivity contribution in [2.45, 2.75) is 26.3 Å². The Morgan fingerprint density at radius 2 is 2.20 bits per heavy atom. The summed E-state index contributed by atoms with van der Waals surface area (Å²) < 4.78 is 4.72. The van der Waals surface area contributed by atoms with E-state index in [1.54, 1.807) is 19.2 Å². The highest BCUT2D eigenvalue weighted by Crippen LogP contribution is 2.17. The minimum atomic E-state index is -0.159. The normalized spacial score (nSPS) is 10.6. The van der Waals surface area contributed by atoms with Crippen molar-refractivity contribution in [3.05, 3.63) is 41.4 Å². The van der Waals surface area contributed by atoms with Crippen molar-refractivity contribution < 1.29 is 9.32 Å². The van der Waals surface area contributed by atoms with Crippen LogP contribution in [0.4, 0.5) is 5.82 Å². The van der Waals surface area contributed by atoms with Crippen molar-refractivity contribution in [3.8, 4) is 0 Å². The molecule has 0 aliphatic carbocycles. The molecule has 2 rings (SSSR count). The van der Waals surface area contributed by atoms with Gasteiger partial charge in [-0.15, -0.1) is 0 Å². The average molecular weight is 274 g/mol. The lowest BCUT2D eigenvalue weighted by atomic mass is 10.1. The number of anilines is 1. The minimum Gasteiger partial charge on any atom is -0.373 e. The number of nitrogens with one attached hydrogen (secondary N) is 2. The highest BCUT2D eigenvalue weighted by atomic mass is 16.5. The van der Waals surface area contributed by atoms with Crippen molar-refractivity contribution in [1.82, 2.24) is 15.5 Å². The number of rotatable bonds is 5. The number of aromatic nitrogens is 2. The topological polar surface area (TPSA) is 80.0 Å². The van der Waals surface area contributed by atoms with Crippen LogP contribution in [0.25, 0.3) is 0 Å². The maximum absolute atomic E-state index is 12.2. The molecule has 0 bridgehead atoms. The van der Waals surface area contributed by atoms with Crippen LogP contribution in [0.5, 0.6) is 0 Å². The van der Waals surface area contributed by atoms with Gasteiger partial charge in [0.2, 0.25) is 0 Å². The van der Waals surface area contributed by atoms with Crippen molar-refractivity contribution in [1.29, 1.82) is 0 Å². The summed E-state index contributed by atoms with van der Waals surface area (Å²) >= 11 is 0. The Bertz CT molecular complexity index is 579. The number of nitrogens with zero attached hydrogens (tertiary/aromatic N) is 2. The predicted molar refractivity (Wildman–Crippen MR) is 75.5 cm³/mol. The molecule has 2 aromatic heterocycles. The van der Waals surface area contributed by atoms with Gasteiger partial charge in [-0.1, -0.05) is 19.0 Å². The van der Waals surface area contributed by atoms with Crippen LogP contribution in [0.3, 0.4) is 0 Å². The third-order valence-corrected chi connectivity index (χ3v) is 2.88. The van der Waals surface area contributed by atoms with Crippen LogP contribution in [-0.2, 0) is 6.54 Å². The van der Waals surface area contributed by atoms with E-state index in [4.69, 9.17) is 4.52 Å². The van der Waals surface area contributed by atoms with Crippen molar-refractivity contribution in [3.63, 3.8) is 0 Å². The average Bonchev–Trinajstić information content (AvgIpc) is 2.97. The van der Waals surface area contributed by atoms with Crippen LogP contribution in [0.2, 0.25) is 0 Å². The molecule has 0 fully saturated rings. The van der Waals surface area contributed by atoms with Gasteiger partial charge >= 0.3 is 0 Å². The zero-order valence-corrected chi connectivity index (χ0v) is 11.8. The third-order valence-electron chi connectivity index (χ3n) is 2.88. The van der Waals surface area contributed by atoms with E-state index in [2.05, 4.69) is 20.8 Å². The summed E-state index contributed by atoms with van der Waals surface area (Å²) in [6.45, 7) is 4.42. The van der Waals surface area contributed by atoms with E-state index in [-0.39, 0.29) is 11.8 Å². The molecule has 1 amide bonds. The van der Waals surface area contributed by atoms with E-state index >= 15 is 0 Å². The molecule has 20 heavy (non-hydrogen) atoms. The molecule has 0 radical (unpaired) electrons. The summed E-state index contributed by atoms with van der Waals surface area (Å²) in [5.74, 6) is 0.780. The quantitative estimate of drug-likeness (QED) is 0.873. The lowest BCUT2D eigenvalue weighted by molar-refractivity contribution is 0.0950. The largest absolute Gasteiger partial charge is 0.373 e. The number of carbonyl (C=O) groups excluding carboxylic acids is 1. The lowest BCUT2D eigenvalue weighted by Gasteiger charge is -2.10. The zero-order chi connectivity index (χ0) is 14.5. The van der Waals surface area contributed by atoms with Crippen LogP contribution in [0.1, 0.15) is 41.5 Å². The molecule has 106 valence electrons. The summed E-state index contributed by atoms with van der Waals surface area (Å²) in [5.41, 5.74) is 2.14. The fourth-order valence-corrected chi connectivity index (χ4v) is 1.71. The summed E-state index contributed by atoms with van der Waals surface area (Å²) in [6, 6.07) is 5.25. The van der Waals surface area contributed by atoms with Crippen LogP contribution >= 0.6 is 0 Å². The second-order valence-electron chi connectivity index (χ2n) is 4.74. The molecule has 2 aromatic rings. The summed E-state index contributed by atoms with van der Waals surface area (Å²) in [6.07, 6.45) is 1.48. The molecular weight excluding hydrogens is 256 g/mol. The molecule has 0 unspecified atom stereocenters. The number of carbonyl (C=O) groups is 1. The van der Waals surface area contributed by atoms with E-state index in [1.165, 1.54) is 6.26 Å². The highest BCUT2D eigenvalue weighted by molar-refractivity contribution is 5.95. The lowest BCUT2D eigenvalue weighted by Crippen LogP contribution is -2.23. The molecule has 6 heteroatoms. The van der Waals surface area contributed by atoms with Crippen LogP contribution < -0.4 is 10.6 Å². The molecule has 2 heterocycles. The molecule has 0 aliphatic rings. The fraction of sp³-hybridized carbons (Fsp3) is 0.357. The first kappa shape index (κ1) is 14.0. The van der Waals surface area contributed by atoms with E-state index in [1.807, 2.05) is 19.9 Å². The van der Waals surface area contributed by atoms with Gasteiger partial charge in [0.25, 0.3) is 5.91 Å². The predicted octanol–water partition coefficient (Wildman–Crippen LogP) is 2.16. The Labute approximate surface area is 117 Å². The second kappa shape index (κ2) is 6.18. The number of hydrogen-bond donors (Lipinski definition) is 2. The molecule has 0 spiro atoms. The third kappa shape index (κ3) is 3.34. The first-order valence-corrected chi connectivity index (χ1v) is 6.47. The number of amides is 1. The van der Waals surface area contributed by atoms with Gasteiger partial charge in [0.15, 0.2) is 0 Å². The fourth-order valence-electron chi connectivity index (χ4n) is 1.71. The Balaban J connectivity index is 2.14. The van der Waals surface area contributed by atoms with E-state index in [0.29, 0.717) is 23.6 Å². The minimum absolute atomic E-state index is 0.159. The Hall–Kier alpha value is -2.37. The highest BCUT2D eigenvalue weighted by Gasteiger charge is 2.11. The molecular formula is C14H18N4O2. The number of hydrogen-bond acceptors (Lipinski definition) is 5. The van der Waals surface area contributed by atoms with Crippen molar-refractivity contribution >= 4 is 11.7 Å². The maximum atomic E-state index is 12.2. The van der Waals surface area contributed by atoms with Crippen LogP contribution in [-0.4, -0.2) is 23.1 Å². The Morgan fingerprint density at radius 1 is 1.40 bits per heavy atom.